The second kappa shape index (κ2) is 9.08. The SMILES string of the molecule is C=I1=C(c2cccc3c2C(C)(C)c2cc4c(cc2-3)oc2ccccc24)N=C(c2ccccc2)N=C1c1ccccn1. The number of aliphatic imine (C=N–C) groups is 2. The molecule has 5 heteroatoms. The molecule has 0 N–H and O–H groups in total. The molecular weight excluding hydrogens is 617 g/mol. The molecule has 0 spiro atoms. The summed E-state index contributed by atoms with van der Waals surface area (Å²) in [5, 5.41) is 2.31. The molecule has 198 valence electrons. The van der Waals surface area contributed by atoms with Crippen LogP contribution in [0.5, 0.6) is 0 Å². The number of nitrogens with zero attached hydrogens (tertiary/aromatic N) is 3. The number of fused-ring (bicyclic) bond motifs is 6. The number of para-hydroxylation sites is 1. The van der Waals surface area contributed by atoms with E-state index in [1.54, 1.807) is 0 Å². The van der Waals surface area contributed by atoms with Crippen molar-refractivity contribution < 1.29 is 4.42 Å². The fourth-order valence-corrected chi connectivity index (χ4v) is 9.88. The van der Waals surface area contributed by atoms with Crippen LogP contribution in [0.25, 0.3) is 33.1 Å². The van der Waals surface area contributed by atoms with Gasteiger partial charge in [0.2, 0.25) is 0 Å². The van der Waals surface area contributed by atoms with Crippen molar-refractivity contribution in [3.05, 3.63) is 137 Å². The average molecular weight is 644 g/mol. The normalized spacial score (nSPS) is 16.0. The van der Waals surface area contributed by atoms with E-state index in [-0.39, 0.29) is 5.41 Å². The van der Waals surface area contributed by atoms with Gasteiger partial charge in [-0.05, 0) is 52.6 Å². The number of furan rings is 1. The third kappa shape index (κ3) is 3.68. The zero-order valence-corrected chi connectivity index (χ0v) is 24.9. The van der Waals surface area contributed by atoms with Crippen LogP contribution in [0.4, 0.5) is 0 Å². The first kappa shape index (κ1) is 24.4. The number of aromatic nitrogens is 1. The zero-order chi connectivity index (χ0) is 27.7. The lowest BCUT2D eigenvalue weighted by Crippen LogP contribution is -2.21. The predicted molar refractivity (Wildman–Crippen MR) is 180 cm³/mol. The molecule has 0 bridgehead atoms. The van der Waals surface area contributed by atoms with E-state index in [1.807, 2.05) is 54.7 Å². The first-order valence-corrected chi connectivity index (χ1v) is 17.3. The van der Waals surface area contributed by atoms with Crippen molar-refractivity contribution in [2.24, 2.45) is 9.98 Å². The van der Waals surface area contributed by atoms with Crippen LogP contribution >= 0.6 is 18.9 Å². The molecule has 41 heavy (non-hydrogen) atoms. The number of hydrogen-bond donors (Lipinski definition) is 0. The van der Waals surface area contributed by atoms with E-state index >= 15 is 0 Å². The summed E-state index contributed by atoms with van der Waals surface area (Å²) in [6.07, 6.45) is 1.83. The summed E-state index contributed by atoms with van der Waals surface area (Å²) in [4.78, 5) is 15.0. The molecule has 1 aliphatic heterocycles. The smallest absolute Gasteiger partial charge is 0.161 e. The number of hydrogen-bond acceptors (Lipinski definition) is 4. The van der Waals surface area contributed by atoms with Crippen LogP contribution in [0.15, 0.2) is 124 Å². The highest BCUT2D eigenvalue weighted by molar-refractivity contribution is 14.2. The zero-order valence-electron chi connectivity index (χ0n) is 22.7. The second-order valence-corrected chi connectivity index (χ2v) is 15.0. The van der Waals surface area contributed by atoms with Crippen LogP contribution in [0.1, 0.15) is 41.8 Å². The van der Waals surface area contributed by atoms with Gasteiger partial charge in [-0.15, -0.1) is 0 Å². The summed E-state index contributed by atoms with van der Waals surface area (Å²) in [5.41, 5.74) is 9.72. The van der Waals surface area contributed by atoms with E-state index < -0.39 is 18.9 Å². The Labute approximate surface area is 244 Å². The maximum atomic E-state index is 6.30. The molecule has 4 aromatic carbocycles. The monoisotopic (exact) mass is 643 g/mol. The second-order valence-electron chi connectivity index (χ2n) is 10.9. The van der Waals surface area contributed by atoms with Crippen LogP contribution in [0.3, 0.4) is 0 Å². The van der Waals surface area contributed by atoms with Crippen molar-refractivity contribution in [1.82, 2.24) is 4.98 Å². The lowest BCUT2D eigenvalue weighted by molar-refractivity contribution is 0.657. The molecule has 6 aromatic rings. The topological polar surface area (TPSA) is 50.8 Å². The Bertz CT molecular complexity index is 2180. The Kier molecular flexibility index (Phi) is 5.41. The van der Waals surface area contributed by atoms with Gasteiger partial charge >= 0.3 is 0 Å². The van der Waals surface area contributed by atoms with Gasteiger partial charge in [0.15, 0.2) is 5.84 Å². The first-order chi connectivity index (χ1) is 20.0. The van der Waals surface area contributed by atoms with Crippen LogP contribution in [0, 0.1) is 0 Å². The average Bonchev–Trinajstić information content (AvgIpc) is 3.49. The van der Waals surface area contributed by atoms with Crippen molar-refractivity contribution in [3.63, 3.8) is 0 Å². The third-order valence-corrected chi connectivity index (χ3v) is 12.2. The quantitative estimate of drug-likeness (QED) is 0.182. The summed E-state index contributed by atoms with van der Waals surface area (Å²) in [6.45, 7) is 4.66. The summed E-state index contributed by atoms with van der Waals surface area (Å²) in [6, 6.07) is 35.7. The Hall–Kier alpha value is -4.36. The number of amidine groups is 1. The predicted octanol–water partition coefficient (Wildman–Crippen LogP) is 8.61. The Morgan fingerprint density at radius 3 is 2.32 bits per heavy atom. The lowest BCUT2D eigenvalue weighted by Gasteiger charge is -2.25. The van der Waals surface area contributed by atoms with Crippen molar-refractivity contribution in [1.29, 1.82) is 0 Å². The summed E-state index contributed by atoms with van der Waals surface area (Å²) >= 11 is -2.27. The first-order valence-electron chi connectivity index (χ1n) is 13.6. The summed E-state index contributed by atoms with van der Waals surface area (Å²) in [7, 11) is 0. The molecule has 2 aliphatic rings. The van der Waals surface area contributed by atoms with Gasteiger partial charge in [0, 0.05) is 33.5 Å². The number of rotatable bonds is 3. The van der Waals surface area contributed by atoms with Gasteiger partial charge in [0.25, 0.3) is 0 Å². The number of benzene rings is 4. The molecule has 0 fully saturated rings. The lowest BCUT2D eigenvalue weighted by atomic mass is 9.80. The number of pyridine rings is 1. The molecule has 0 saturated heterocycles. The van der Waals surface area contributed by atoms with E-state index in [0.29, 0.717) is 5.84 Å². The minimum absolute atomic E-state index is 0.236. The Morgan fingerprint density at radius 1 is 0.707 bits per heavy atom. The van der Waals surface area contributed by atoms with Gasteiger partial charge in [0.05, 0.1) is 5.69 Å². The van der Waals surface area contributed by atoms with E-state index in [4.69, 9.17) is 18.9 Å². The maximum absolute atomic E-state index is 6.30. The molecular formula is C36H26IN3O. The highest BCUT2D eigenvalue weighted by Gasteiger charge is 2.39. The van der Waals surface area contributed by atoms with Crippen LogP contribution < -0.4 is 0 Å². The minimum atomic E-state index is -2.27. The summed E-state index contributed by atoms with van der Waals surface area (Å²) in [5.74, 6) is 0.716. The highest BCUT2D eigenvalue weighted by Crippen LogP contribution is 2.52. The minimum Gasteiger partial charge on any atom is -0.456 e. The Balaban J connectivity index is 1.38. The van der Waals surface area contributed by atoms with Crippen LogP contribution in [-0.4, -0.2) is 22.7 Å². The maximum Gasteiger partial charge on any atom is 0.161 e. The molecule has 0 atom stereocenters. The molecule has 1 aliphatic carbocycles. The largest absolute Gasteiger partial charge is 0.456 e. The van der Waals surface area contributed by atoms with Crippen LogP contribution in [0.2, 0.25) is 0 Å². The standard InChI is InChI=1S/C36H26IN3O/c1-36(2)28-20-27-23-14-7-8-18-30(23)41-31(27)21-26(28)24-15-11-16-25(32(24)36)33-37(3)34(29-17-9-10-19-38-29)40-35(39-33)22-12-5-4-6-13-22/h4-21H,3H2,1-2H3. The van der Waals surface area contributed by atoms with E-state index in [9.17, 15) is 0 Å². The molecule has 0 saturated carbocycles. The highest BCUT2D eigenvalue weighted by atomic mass is 127. The van der Waals surface area contributed by atoms with Gasteiger partial charge in [-0.3, -0.25) is 4.98 Å². The molecule has 4 nitrogen and oxygen atoms in total. The van der Waals surface area contributed by atoms with E-state index in [1.165, 1.54) is 27.8 Å². The van der Waals surface area contributed by atoms with Gasteiger partial charge in [0.1, 0.15) is 18.5 Å². The van der Waals surface area contributed by atoms with Crippen molar-refractivity contribution in [2.45, 2.75) is 19.3 Å². The van der Waals surface area contributed by atoms with Crippen LogP contribution in [-0.2, 0) is 5.41 Å². The molecule has 0 amide bonds. The van der Waals surface area contributed by atoms with Gasteiger partial charge < -0.3 is 4.42 Å². The molecule has 0 unspecified atom stereocenters. The number of halogens is 1. The van der Waals surface area contributed by atoms with Gasteiger partial charge in [-0.2, -0.15) is 0 Å². The van der Waals surface area contributed by atoms with E-state index in [0.717, 1.165) is 40.5 Å². The molecule has 0 radical (unpaired) electrons. The van der Waals surface area contributed by atoms with Crippen molar-refractivity contribution in [3.8, 4) is 11.1 Å². The molecule has 8 rings (SSSR count). The fraction of sp³-hybridized carbons (Fsp3) is 0.0833. The summed E-state index contributed by atoms with van der Waals surface area (Å²) < 4.78 is 13.1. The van der Waals surface area contributed by atoms with Crippen molar-refractivity contribution in [2.75, 3.05) is 0 Å². The Morgan fingerprint density at radius 2 is 1.49 bits per heavy atom. The van der Waals surface area contributed by atoms with Gasteiger partial charge in [-0.1, -0.05) is 110 Å². The third-order valence-electron chi connectivity index (χ3n) is 8.14. The fourth-order valence-electron chi connectivity index (χ4n) is 6.22. The van der Waals surface area contributed by atoms with E-state index in [2.05, 4.69) is 73.4 Å². The van der Waals surface area contributed by atoms with Gasteiger partial charge in [-0.25, -0.2) is 9.98 Å². The van der Waals surface area contributed by atoms with Crippen molar-refractivity contribution >= 4 is 58.5 Å². The molecule has 3 heterocycles. The molecule has 2 aromatic heterocycles.